The van der Waals surface area contributed by atoms with Gasteiger partial charge in [0.2, 0.25) is 0 Å². The van der Waals surface area contributed by atoms with Gasteiger partial charge in [-0.15, -0.1) is 0 Å². The summed E-state index contributed by atoms with van der Waals surface area (Å²) in [5, 5.41) is 2.64. The second-order valence-corrected chi connectivity index (χ2v) is 5.23. The summed E-state index contributed by atoms with van der Waals surface area (Å²) in [5.41, 5.74) is 1.08. The van der Waals surface area contributed by atoms with Crippen LogP contribution in [0.1, 0.15) is 27.6 Å². The standard InChI is InChI=1S/C16H13BrFNO3/c1-2-22-16(21)10-3-6-12(7-4-10)19-15(20)13-9-11(18)5-8-14(13)17/h3-9H,2H2,1H3,(H,19,20). The quantitative estimate of drug-likeness (QED) is 0.832. The predicted octanol–water partition coefficient (Wildman–Crippen LogP) is 4.02. The lowest BCUT2D eigenvalue weighted by Crippen LogP contribution is -2.13. The number of amides is 1. The van der Waals surface area contributed by atoms with Crippen molar-refractivity contribution in [3.63, 3.8) is 0 Å². The van der Waals surface area contributed by atoms with Crippen molar-refractivity contribution >= 4 is 33.5 Å². The molecule has 0 heterocycles. The van der Waals surface area contributed by atoms with Crippen LogP contribution >= 0.6 is 15.9 Å². The Morgan fingerprint density at radius 2 is 1.86 bits per heavy atom. The van der Waals surface area contributed by atoms with E-state index in [1.54, 1.807) is 31.2 Å². The van der Waals surface area contributed by atoms with Crippen LogP contribution in [0.3, 0.4) is 0 Å². The molecule has 1 N–H and O–H groups in total. The lowest BCUT2D eigenvalue weighted by Gasteiger charge is -2.08. The molecule has 2 rings (SSSR count). The van der Waals surface area contributed by atoms with Crippen molar-refractivity contribution in [2.45, 2.75) is 6.92 Å². The SMILES string of the molecule is CCOC(=O)c1ccc(NC(=O)c2cc(F)ccc2Br)cc1. The van der Waals surface area contributed by atoms with E-state index < -0.39 is 17.7 Å². The highest BCUT2D eigenvalue weighted by Gasteiger charge is 2.12. The average molecular weight is 366 g/mol. The molecule has 2 aromatic carbocycles. The van der Waals surface area contributed by atoms with Crippen molar-refractivity contribution in [2.24, 2.45) is 0 Å². The van der Waals surface area contributed by atoms with E-state index in [0.717, 1.165) is 6.07 Å². The molecule has 0 aliphatic rings. The topological polar surface area (TPSA) is 55.4 Å². The minimum absolute atomic E-state index is 0.189. The van der Waals surface area contributed by atoms with Gasteiger partial charge < -0.3 is 10.1 Å². The summed E-state index contributed by atoms with van der Waals surface area (Å²) in [4.78, 5) is 23.6. The van der Waals surface area contributed by atoms with Gasteiger partial charge in [-0.25, -0.2) is 9.18 Å². The number of hydrogen-bond acceptors (Lipinski definition) is 3. The van der Waals surface area contributed by atoms with Crippen LogP contribution in [0.4, 0.5) is 10.1 Å². The number of ether oxygens (including phenoxy) is 1. The molecular weight excluding hydrogens is 353 g/mol. The molecule has 2 aromatic rings. The molecule has 0 aliphatic heterocycles. The van der Waals surface area contributed by atoms with E-state index in [1.165, 1.54) is 12.1 Å². The Hall–Kier alpha value is -2.21. The molecule has 114 valence electrons. The van der Waals surface area contributed by atoms with Crippen LogP contribution in [-0.4, -0.2) is 18.5 Å². The third kappa shape index (κ3) is 3.92. The number of rotatable bonds is 4. The highest BCUT2D eigenvalue weighted by atomic mass is 79.9. The van der Waals surface area contributed by atoms with Gasteiger partial charge in [0.15, 0.2) is 0 Å². The fraction of sp³-hybridized carbons (Fsp3) is 0.125. The molecule has 0 radical (unpaired) electrons. The van der Waals surface area contributed by atoms with E-state index in [9.17, 15) is 14.0 Å². The molecule has 0 fully saturated rings. The Morgan fingerprint density at radius 3 is 2.50 bits per heavy atom. The Morgan fingerprint density at radius 1 is 1.18 bits per heavy atom. The van der Waals surface area contributed by atoms with Gasteiger partial charge in [-0.2, -0.15) is 0 Å². The summed E-state index contributed by atoms with van der Waals surface area (Å²) in [6.45, 7) is 2.02. The maximum atomic E-state index is 13.2. The van der Waals surface area contributed by atoms with E-state index in [1.807, 2.05) is 0 Å². The minimum Gasteiger partial charge on any atom is -0.462 e. The van der Waals surface area contributed by atoms with Crippen LogP contribution < -0.4 is 5.32 Å². The van der Waals surface area contributed by atoms with Gasteiger partial charge in [0.05, 0.1) is 17.7 Å². The fourth-order valence-corrected chi connectivity index (χ4v) is 2.20. The van der Waals surface area contributed by atoms with Crippen molar-refractivity contribution in [3.8, 4) is 0 Å². The zero-order valence-electron chi connectivity index (χ0n) is 11.7. The largest absolute Gasteiger partial charge is 0.462 e. The third-order valence-electron chi connectivity index (χ3n) is 2.83. The fourth-order valence-electron chi connectivity index (χ4n) is 1.77. The second kappa shape index (κ2) is 7.17. The van der Waals surface area contributed by atoms with Crippen molar-refractivity contribution in [1.82, 2.24) is 0 Å². The Balaban J connectivity index is 2.12. The van der Waals surface area contributed by atoms with Gasteiger partial charge in [0.1, 0.15) is 5.82 Å². The van der Waals surface area contributed by atoms with Crippen LogP contribution in [0.15, 0.2) is 46.9 Å². The molecule has 0 aromatic heterocycles. The van der Waals surface area contributed by atoms with Crippen molar-refractivity contribution < 1.29 is 18.7 Å². The summed E-state index contributed by atoms with van der Waals surface area (Å²) in [5.74, 6) is -1.37. The summed E-state index contributed by atoms with van der Waals surface area (Å²) in [6, 6.07) is 10.1. The van der Waals surface area contributed by atoms with E-state index >= 15 is 0 Å². The monoisotopic (exact) mass is 365 g/mol. The average Bonchev–Trinajstić information content (AvgIpc) is 2.50. The minimum atomic E-state index is -0.494. The van der Waals surface area contributed by atoms with Crippen LogP contribution in [0, 0.1) is 5.82 Å². The number of esters is 1. The van der Waals surface area contributed by atoms with E-state index in [4.69, 9.17) is 4.74 Å². The first kappa shape index (κ1) is 16.2. The maximum Gasteiger partial charge on any atom is 0.338 e. The first-order chi connectivity index (χ1) is 10.5. The molecule has 0 spiro atoms. The number of anilines is 1. The number of hydrogen-bond donors (Lipinski definition) is 1. The summed E-state index contributed by atoms with van der Waals surface area (Å²) < 4.78 is 18.6. The molecule has 0 bridgehead atoms. The molecule has 1 amide bonds. The summed E-state index contributed by atoms with van der Waals surface area (Å²) in [7, 11) is 0. The zero-order chi connectivity index (χ0) is 16.1. The van der Waals surface area contributed by atoms with E-state index in [-0.39, 0.29) is 5.56 Å². The van der Waals surface area contributed by atoms with Crippen molar-refractivity contribution in [1.29, 1.82) is 0 Å². The number of carbonyl (C=O) groups is 2. The van der Waals surface area contributed by atoms with Gasteiger partial charge in [-0.3, -0.25) is 4.79 Å². The molecule has 0 saturated heterocycles. The Bertz CT molecular complexity index is 701. The number of halogens is 2. The molecule has 0 saturated carbocycles. The molecule has 6 heteroatoms. The highest BCUT2D eigenvalue weighted by molar-refractivity contribution is 9.10. The first-order valence-corrected chi connectivity index (χ1v) is 7.34. The molecule has 0 atom stereocenters. The van der Waals surface area contributed by atoms with Crippen LogP contribution in [0.2, 0.25) is 0 Å². The normalized spacial score (nSPS) is 10.1. The lowest BCUT2D eigenvalue weighted by molar-refractivity contribution is 0.0526. The van der Waals surface area contributed by atoms with Gasteiger partial charge >= 0.3 is 5.97 Å². The molecular formula is C16H13BrFNO3. The van der Waals surface area contributed by atoms with Gasteiger partial charge in [-0.05, 0) is 65.3 Å². The van der Waals surface area contributed by atoms with Crippen LogP contribution in [0.25, 0.3) is 0 Å². The van der Waals surface area contributed by atoms with Crippen molar-refractivity contribution in [3.05, 3.63) is 63.9 Å². The van der Waals surface area contributed by atoms with Crippen molar-refractivity contribution in [2.75, 3.05) is 11.9 Å². The molecule has 22 heavy (non-hydrogen) atoms. The summed E-state index contributed by atoms with van der Waals surface area (Å²) >= 11 is 3.20. The second-order valence-electron chi connectivity index (χ2n) is 4.38. The van der Waals surface area contributed by atoms with Gasteiger partial charge in [-0.1, -0.05) is 0 Å². The van der Waals surface area contributed by atoms with Crippen LogP contribution in [-0.2, 0) is 4.74 Å². The summed E-state index contributed by atoms with van der Waals surface area (Å²) in [6.07, 6.45) is 0. The van der Waals surface area contributed by atoms with E-state index in [2.05, 4.69) is 21.2 Å². The maximum absolute atomic E-state index is 13.2. The van der Waals surface area contributed by atoms with Crippen LogP contribution in [0.5, 0.6) is 0 Å². The lowest BCUT2D eigenvalue weighted by atomic mass is 10.2. The molecule has 0 unspecified atom stereocenters. The van der Waals surface area contributed by atoms with Gasteiger partial charge in [0.25, 0.3) is 5.91 Å². The van der Waals surface area contributed by atoms with E-state index in [0.29, 0.717) is 22.3 Å². The smallest absolute Gasteiger partial charge is 0.338 e. The number of carbonyl (C=O) groups excluding carboxylic acids is 2. The predicted molar refractivity (Wildman–Crippen MR) is 84.5 cm³/mol. The highest BCUT2D eigenvalue weighted by Crippen LogP contribution is 2.20. The Kier molecular flexibility index (Phi) is 5.27. The zero-order valence-corrected chi connectivity index (χ0v) is 13.3. The Labute approximate surface area is 135 Å². The number of nitrogens with one attached hydrogen (secondary N) is 1. The molecule has 0 aliphatic carbocycles. The number of benzene rings is 2. The first-order valence-electron chi connectivity index (χ1n) is 6.55. The molecule has 4 nitrogen and oxygen atoms in total. The van der Waals surface area contributed by atoms with Gasteiger partial charge in [0, 0.05) is 10.2 Å². The third-order valence-corrected chi connectivity index (χ3v) is 3.52.